The maximum Gasteiger partial charge on any atom is 0.316 e. The largest absolute Gasteiger partial charge is 0.497 e. The summed E-state index contributed by atoms with van der Waals surface area (Å²) in [5, 5.41) is 9.66. The van der Waals surface area contributed by atoms with Crippen molar-refractivity contribution in [3.8, 4) is 11.8 Å². The SMILES string of the molecule is COC(=O)[C@@H]1C[C@@](C#N)(c2cccc(OC)c2)CCC1=O. The van der Waals surface area contributed by atoms with Gasteiger partial charge in [0.2, 0.25) is 0 Å². The van der Waals surface area contributed by atoms with E-state index >= 15 is 0 Å². The third-order valence-corrected chi connectivity index (χ3v) is 4.06. The molecule has 0 heterocycles. The Balaban J connectivity index is 2.39. The molecule has 5 nitrogen and oxygen atoms in total. The van der Waals surface area contributed by atoms with E-state index < -0.39 is 17.3 Å². The molecule has 5 heteroatoms. The zero-order valence-electron chi connectivity index (χ0n) is 12.1. The van der Waals surface area contributed by atoms with Gasteiger partial charge in [-0.25, -0.2) is 0 Å². The summed E-state index contributed by atoms with van der Waals surface area (Å²) >= 11 is 0. The van der Waals surface area contributed by atoms with Gasteiger partial charge in [-0.3, -0.25) is 9.59 Å². The van der Waals surface area contributed by atoms with E-state index in [9.17, 15) is 14.9 Å². The van der Waals surface area contributed by atoms with Crippen molar-refractivity contribution in [3.05, 3.63) is 29.8 Å². The first-order valence-electron chi connectivity index (χ1n) is 6.72. The van der Waals surface area contributed by atoms with Crippen LogP contribution in [-0.4, -0.2) is 26.0 Å². The van der Waals surface area contributed by atoms with Crippen LogP contribution in [0.2, 0.25) is 0 Å². The zero-order valence-corrected chi connectivity index (χ0v) is 12.1. The van der Waals surface area contributed by atoms with Gasteiger partial charge in [0.1, 0.15) is 17.5 Å². The van der Waals surface area contributed by atoms with Crippen molar-refractivity contribution in [1.82, 2.24) is 0 Å². The van der Waals surface area contributed by atoms with Crippen LogP contribution >= 0.6 is 0 Å². The Morgan fingerprint density at radius 3 is 2.81 bits per heavy atom. The number of ether oxygens (including phenoxy) is 2. The molecule has 21 heavy (non-hydrogen) atoms. The molecule has 0 amide bonds. The highest BCUT2D eigenvalue weighted by Crippen LogP contribution is 2.41. The molecule has 0 N–H and O–H groups in total. The van der Waals surface area contributed by atoms with Gasteiger partial charge in [-0.2, -0.15) is 5.26 Å². The molecule has 1 saturated carbocycles. The van der Waals surface area contributed by atoms with E-state index in [2.05, 4.69) is 10.8 Å². The standard InChI is InChI=1S/C16H17NO4/c1-20-12-5-3-4-11(8-12)16(10-17)7-6-14(18)13(9-16)15(19)21-2/h3-5,8,13H,6-7,9H2,1-2H3/t13-,16+/m1/s1. The summed E-state index contributed by atoms with van der Waals surface area (Å²) in [6.45, 7) is 0. The monoisotopic (exact) mass is 287 g/mol. The van der Waals surface area contributed by atoms with Crippen LogP contribution in [0, 0.1) is 17.2 Å². The van der Waals surface area contributed by atoms with Crippen molar-refractivity contribution in [1.29, 1.82) is 5.26 Å². The van der Waals surface area contributed by atoms with Crippen LogP contribution in [0.3, 0.4) is 0 Å². The third-order valence-electron chi connectivity index (χ3n) is 4.06. The minimum Gasteiger partial charge on any atom is -0.497 e. The number of hydrogen-bond acceptors (Lipinski definition) is 5. The fourth-order valence-corrected chi connectivity index (χ4v) is 2.78. The number of carbonyl (C=O) groups is 2. The van der Waals surface area contributed by atoms with Crippen molar-refractivity contribution in [2.45, 2.75) is 24.7 Å². The summed E-state index contributed by atoms with van der Waals surface area (Å²) in [5.74, 6) is -0.943. The molecule has 0 radical (unpaired) electrons. The maximum absolute atomic E-state index is 11.9. The molecule has 2 rings (SSSR count). The number of ketones is 1. The van der Waals surface area contributed by atoms with E-state index in [1.54, 1.807) is 25.3 Å². The average molecular weight is 287 g/mol. The molecule has 2 atom stereocenters. The molecule has 0 aliphatic heterocycles. The second-order valence-corrected chi connectivity index (χ2v) is 5.17. The van der Waals surface area contributed by atoms with E-state index in [1.807, 2.05) is 6.07 Å². The molecule has 1 aliphatic rings. The van der Waals surface area contributed by atoms with E-state index in [1.165, 1.54) is 7.11 Å². The molecule has 0 bridgehead atoms. The van der Waals surface area contributed by atoms with Crippen molar-refractivity contribution < 1.29 is 19.1 Å². The van der Waals surface area contributed by atoms with Crippen molar-refractivity contribution in [2.24, 2.45) is 5.92 Å². The fraction of sp³-hybridized carbons (Fsp3) is 0.438. The van der Waals surface area contributed by atoms with Crippen LogP contribution in [0.1, 0.15) is 24.8 Å². The lowest BCUT2D eigenvalue weighted by atomic mass is 9.66. The lowest BCUT2D eigenvalue weighted by Crippen LogP contribution is -2.40. The first-order chi connectivity index (χ1) is 10.1. The number of esters is 1. The molecule has 0 spiro atoms. The Bertz CT molecular complexity index is 597. The molecule has 0 unspecified atom stereocenters. The smallest absolute Gasteiger partial charge is 0.316 e. The Labute approximate surface area is 123 Å². The van der Waals surface area contributed by atoms with Gasteiger partial charge < -0.3 is 9.47 Å². The van der Waals surface area contributed by atoms with Crippen LogP contribution in [0.5, 0.6) is 5.75 Å². The summed E-state index contributed by atoms with van der Waals surface area (Å²) in [6, 6.07) is 9.51. The highest BCUT2D eigenvalue weighted by Gasteiger charge is 2.45. The molecule has 1 aliphatic carbocycles. The van der Waals surface area contributed by atoms with Gasteiger partial charge in [-0.05, 0) is 30.5 Å². The van der Waals surface area contributed by atoms with Crippen molar-refractivity contribution in [2.75, 3.05) is 14.2 Å². The Morgan fingerprint density at radius 2 is 2.19 bits per heavy atom. The predicted molar refractivity (Wildman–Crippen MR) is 74.6 cm³/mol. The van der Waals surface area contributed by atoms with E-state index in [0.29, 0.717) is 12.2 Å². The lowest BCUT2D eigenvalue weighted by Gasteiger charge is -2.34. The number of rotatable bonds is 3. The number of benzene rings is 1. The van der Waals surface area contributed by atoms with Crippen LogP contribution in [-0.2, 0) is 19.7 Å². The van der Waals surface area contributed by atoms with Gasteiger partial charge in [-0.1, -0.05) is 12.1 Å². The number of methoxy groups -OCH3 is 2. The van der Waals surface area contributed by atoms with E-state index in [-0.39, 0.29) is 18.6 Å². The van der Waals surface area contributed by atoms with Crippen molar-refractivity contribution in [3.63, 3.8) is 0 Å². The van der Waals surface area contributed by atoms with Gasteiger partial charge in [0.15, 0.2) is 0 Å². The predicted octanol–water partition coefficient (Wildman–Crippen LogP) is 2.00. The van der Waals surface area contributed by atoms with Gasteiger partial charge in [-0.15, -0.1) is 0 Å². The number of Topliss-reactive ketones (excluding diaryl/α,β-unsaturated/α-hetero) is 1. The molecule has 1 aromatic rings. The maximum atomic E-state index is 11.9. The highest BCUT2D eigenvalue weighted by molar-refractivity contribution is 6.00. The third kappa shape index (κ3) is 2.75. The zero-order chi connectivity index (χ0) is 15.5. The molecule has 0 aromatic heterocycles. The normalized spacial score (nSPS) is 25.0. The number of hydrogen-bond donors (Lipinski definition) is 0. The van der Waals surface area contributed by atoms with Gasteiger partial charge in [0.05, 0.1) is 25.7 Å². The molecule has 1 aromatic carbocycles. The molecular weight excluding hydrogens is 270 g/mol. The minimum absolute atomic E-state index is 0.155. The first-order valence-corrected chi connectivity index (χ1v) is 6.72. The highest BCUT2D eigenvalue weighted by atomic mass is 16.5. The Kier molecular flexibility index (Phi) is 4.27. The second-order valence-electron chi connectivity index (χ2n) is 5.17. The minimum atomic E-state index is -0.866. The summed E-state index contributed by atoms with van der Waals surface area (Å²) in [7, 11) is 2.81. The molecule has 1 fully saturated rings. The first kappa shape index (κ1) is 15.0. The Hall–Kier alpha value is -2.35. The summed E-state index contributed by atoms with van der Waals surface area (Å²) < 4.78 is 9.87. The van der Waals surface area contributed by atoms with Crippen LogP contribution < -0.4 is 4.74 Å². The fourth-order valence-electron chi connectivity index (χ4n) is 2.78. The lowest BCUT2D eigenvalue weighted by molar-refractivity contribution is -0.151. The summed E-state index contributed by atoms with van der Waals surface area (Å²) in [4.78, 5) is 23.7. The molecule has 0 saturated heterocycles. The number of nitrogens with zero attached hydrogens (tertiary/aromatic N) is 1. The number of nitriles is 1. The van der Waals surface area contributed by atoms with E-state index in [4.69, 9.17) is 4.74 Å². The molecular formula is C16H17NO4. The van der Waals surface area contributed by atoms with Gasteiger partial charge >= 0.3 is 5.97 Å². The van der Waals surface area contributed by atoms with Crippen LogP contribution in [0.25, 0.3) is 0 Å². The van der Waals surface area contributed by atoms with Crippen LogP contribution in [0.4, 0.5) is 0 Å². The average Bonchev–Trinajstić information content (AvgIpc) is 2.55. The topological polar surface area (TPSA) is 76.4 Å². The molecule has 110 valence electrons. The van der Waals surface area contributed by atoms with E-state index in [0.717, 1.165) is 5.56 Å². The second kappa shape index (κ2) is 5.96. The van der Waals surface area contributed by atoms with Gasteiger partial charge in [0, 0.05) is 6.42 Å². The number of carbonyl (C=O) groups excluding carboxylic acids is 2. The Morgan fingerprint density at radius 1 is 1.43 bits per heavy atom. The van der Waals surface area contributed by atoms with Crippen molar-refractivity contribution >= 4 is 11.8 Å². The van der Waals surface area contributed by atoms with Crippen LogP contribution in [0.15, 0.2) is 24.3 Å². The summed E-state index contributed by atoms with van der Waals surface area (Å²) in [5.41, 5.74) is -0.0906. The van der Waals surface area contributed by atoms with Gasteiger partial charge in [0.25, 0.3) is 0 Å². The summed E-state index contributed by atoms with van der Waals surface area (Å²) in [6.07, 6.45) is 0.760. The quantitative estimate of drug-likeness (QED) is 0.627.